The number of halogens is 2. The van der Waals surface area contributed by atoms with Crippen molar-refractivity contribution in [1.29, 1.82) is 0 Å². The predicted molar refractivity (Wildman–Crippen MR) is 79.5 cm³/mol. The molecule has 0 saturated heterocycles. The Morgan fingerprint density at radius 1 is 1.21 bits per heavy atom. The van der Waals surface area contributed by atoms with E-state index in [-0.39, 0.29) is 11.4 Å². The summed E-state index contributed by atoms with van der Waals surface area (Å²) in [6.45, 7) is 0.710. The van der Waals surface area contributed by atoms with Crippen LogP contribution < -0.4 is 10.0 Å². The highest BCUT2D eigenvalue weighted by molar-refractivity contribution is 7.92. The highest BCUT2D eigenvalue weighted by atomic mass is 35.5. The van der Waals surface area contributed by atoms with E-state index in [0.717, 1.165) is 0 Å². The van der Waals surface area contributed by atoms with Crippen LogP contribution in [-0.2, 0) is 10.0 Å². The topological polar surface area (TPSA) is 58.2 Å². The molecule has 0 bridgehead atoms. The summed E-state index contributed by atoms with van der Waals surface area (Å²) in [6.07, 6.45) is 2.95. The molecule has 1 fully saturated rings. The molecule has 2 N–H and O–H groups in total. The van der Waals surface area contributed by atoms with E-state index in [2.05, 4.69) is 10.0 Å². The van der Waals surface area contributed by atoms with Crippen LogP contribution >= 0.6 is 23.2 Å². The van der Waals surface area contributed by atoms with E-state index in [4.69, 9.17) is 23.2 Å². The number of rotatable bonds is 7. The van der Waals surface area contributed by atoms with E-state index in [0.29, 0.717) is 29.1 Å². The van der Waals surface area contributed by atoms with E-state index in [9.17, 15) is 8.42 Å². The van der Waals surface area contributed by atoms with Crippen LogP contribution in [0.3, 0.4) is 0 Å². The molecule has 0 unspecified atom stereocenters. The molecule has 19 heavy (non-hydrogen) atoms. The molecule has 0 radical (unpaired) electrons. The predicted octanol–water partition coefficient (Wildman–Crippen LogP) is 2.88. The summed E-state index contributed by atoms with van der Waals surface area (Å²) in [4.78, 5) is 0. The van der Waals surface area contributed by atoms with Crippen molar-refractivity contribution in [2.75, 3.05) is 17.0 Å². The molecule has 2 rings (SSSR count). The van der Waals surface area contributed by atoms with Gasteiger partial charge in [-0.3, -0.25) is 4.72 Å². The van der Waals surface area contributed by atoms with Crippen LogP contribution in [0.15, 0.2) is 18.2 Å². The molecule has 0 aliphatic heterocycles. The van der Waals surface area contributed by atoms with Crippen molar-refractivity contribution >= 4 is 38.9 Å². The lowest BCUT2D eigenvalue weighted by Gasteiger charge is -2.11. The molecule has 1 aromatic rings. The third-order valence-electron chi connectivity index (χ3n) is 2.82. The van der Waals surface area contributed by atoms with Gasteiger partial charge >= 0.3 is 0 Å². The summed E-state index contributed by atoms with van der Waals surface area (Å²) in [5.41, 5.74) is 0.251. The van der Waals surface area contributed by atoms with Gasteiger partial charge in [0.15, 0.2) is 0 Å². The van der Waals surface area contributed by atoms with Crippen LogP contribution in [-0.4, -0.2) is 26.8 Å². The van der Waals surface area contributed by atoms with Gasteiger partial charge in [-0.15, -0.1) is 0 Å². The second kappa shape index (κ2) is 6.31. The third-order valence-corrected chi connectivity index (χ3v) is 4.79. The van der Waals surface area contributed by atoms with Gasteiger partial charge in [0.05, 0.1) is 21.5 Å². The lowest BCUT2D eigenvalue weighted by Crippen LogP contribution is -2.23. The van der Waals surface area contributed by atoms with Crippen LogP contribution in [0.5, 0.6) is 0 Å². The summed E-state index contributed by atoms with van der Waals surface area (Å²) in [5, 5.41) is 3.87. The summed E-state index contributed by atoms with van der Waals surface area (Å²) in [5.74, 6) is 0.0499. The van der Waals surface area contributed by atoms with Crippen LogP contribution in [0.1, 0.15) is 19.3 Å². The fraction of sp³-hybridized carbons (Fsp3) is 0.500. The van der Waals surface area contributed by atoms with Gasteiger partial charge in [-0.2, -0.15) is 0 Å². The first-order valence-corrected chi connectivity index (χ1v) is 8.57. The van der Waals surface area contributed by atoms with Gasteiger partial charge in [0.2, 0.25) is 10.0 Å². The monoisotopic (exact) mass is 322 g/mol. The van der Waals surface area contributed by atoms with E-state index in [1.54, 1.807) is 18.2 Å². The SMILES string of the molecule is O=S(=O)(CCCNC1CC1)Nc1c(Cl)cccc1Cl. The van der Waals surface area contributed by atoms with Crippen molar-refractivity contribution < 1.29 is 8.42 Å². The van der Waals surface area contributed by atoms with E-state index >= 15 is 0 Å². The zero-order valence-electron chi connectivity index (χ0n) is 10.3. The molecule has 4 nitrogen and oxygen atoms in total. The number of hydrogen-bond donors (Lipinski definition) is 2. The van der Waals surface area contributed by atoms with Crippen molar-refractivity contribution in [2.45, 2.75) is 25.3 Å². The first-order chi connectivity index (χ1) is 8.98. The molecule has 0 aromatic heterocycles. The minimum absolute atomic E-state index is 0.0499. The maximum absolute atomic E-state index is 11.9. The largest absolute Gasteiger partial charge is 0.314 e. The van der Waals surface area contributed by atoms with Gasteiger partial charge in [0.1, 0.15) is 0 Å². The molecule has 0 amide bonds. The molecular formula is C12H16Cl2N2O2S. The molecule has 106 valence electrons. The lowest BCUT2D eigenvalue weighted by atomic mass is 10.3. The summed E-state index contributed by atoms with van der Waals surface area (Å²) in [6, 6.07) is 5.45. The Bertz CT molecular complexity index is 524. The van der Waals surface area contributed by atoms with Crippen molar-refractivity contribution in [3.05, 3.63) is 28.2 Å². The van der Waals surface area contributed by atoms with Gasteiger partial charge < -0.3 is 5.32 Å². The third kappa shape index (κ3) is 4.84. The van der Waals surface area contributed by atoms with Gasteiger partial charge in [0.25, 0.3) is 0 Å². The number of benzene rings is 1. The fourth-order valence-corrected chi connectivity index (χ4v) is 3.42. The van der Waals surface area contributed by atoms with E-state index in [1.165, 1.54) is 12.8 Å². The van der Waals surface area contributed by atoms with Crippen molar-refractivity contribution in [1.82, 2.24) is 5.32 Å². The van der Waals surface area contributed by atoms with Gasteiger partial charge in [-0.05, 0) is 37.9 Å². The molecule has 0 spiro atoms. The maximum Gasteiger partial charge on any atom is 0.232 e. The molecule has 1 saturated carbocycles. The normalized spacial score (nSPS) is 15.5. The Kier molecular flexibility index (Phi) is 4.95. The first kappa shape index (κ1) is 14.9. The molecule has 0 heterocycles. The number of nitrogens with one attached hydrogen (secondary N) is 2. The highest BCUT2D eigenvalue weighted by Gasteiger charge is 2.20. The van der Waals surface area contributed by atoms with Crippen molar-refractivity contribution in [3.8, 4) is 0 Å². The maximum atomic E-state index is 11.9. The minimum Gasteiger partial charge on any atom is -0.314 e. The second-order valence-electron chi connectivity index (χ2n) is 4.60. The zero-order chi connectivity index (χ0) is 13.9. The summed E-state index contributed by atoms with van der Waals surface area (Å²) >= 11 is 11.8. The van der Waals surface area contributed by atoms with E-state index in [1.807, 2.05) is 0 Å². The Labute approximate surface area is 123 Å². The van der Waals surface area contributed by atoms with Crippen LogP contribution in [0.4, 0.5) is 5.69 Å². The smallest absolute Gasteiger partial charge is 0.232 e. The van der Waals surface area contributed by atoms with Gasteiger partial charge in [-0.25, -0.2) is 8.42 Å². The van der Waals surface area contributed by atoms with Crippen LogP contribution in [0, 0.1) is 0 Å². The molecule has 7 heteroatoms. The fourth-order valence-electron chi connectivity index (χ4n) is 1.66. The Balaban J connectivity index is 1.88. The summed E-state index contributed by atoms with van der Waals surface area (Å²) < 4.78 is 26.3. The second-order valence-corrected chi connectivity index (χ2v) is 7.26. The highest BCUT2D eigenvalue weighted by Crippen LogP contribution is 2.30. The van der Waals surface area contributed by atoms with Crippen molar-refractivity contribution in [2.24, 2.45) is 0 Å². The standard InChI is InChI=1S/C12H16Cl2N2O2S/c13-10-3-1-4-11(14)12(10)16-19(17,18)8-2-7-15-9-5-6-9/h1,3-4,9,15-16H,2,5-8H2. The number of hydrogen-bond acceptors (Lipinski definition) is 3. The quantitative estimate of drug-likeness (QED) is 0.759. The molecule has 1 aliphatic rings. The average molecular weight is 323 g/mol. The minimum atomic E-state index is -3.42. The van der Waals surface area contributed by atoms with Crippen molar-refractivity contribution in [3.63, 3.8) is 0 Å². The van der Waals surface area contributed by atoms with E-state index < -0.39 is 10.0 Å². The number of sulfonamides is 1. The zero-order valence-corrected chi connectivity index (χ0v) is 12.7. The Morgan fingerprint density at radius 3 is 2.42 bits per heavy atom. The molecule has 0 atom stereocenters. The summed E-state index contributed by atoms with van der Waals surface area (Å²) in [7, 11) is -3.42. The number of para-hydroxylation sites is 1. The molecule has 1 aromatic carbocycles. The molecule has 1 aliphatic carbocycles. The number of anilines is 1. The lowest BCUT2D eigenvalue weighted by molar-refractivity contribution is 0.593. The Hall–Kier alpha value is -0.490. The van der Waals surface area contributed by atoms with Gasteiger partial charge in [0, 0.05) is 6.04 Å². The van der Waals surface area contributed by atoms with Gasteiger partial charge in [-0.1, -0.05) is 29.3 Å². The van der Waals surface area contributed by atoms with Crippen LogP contribution in [0.25, 0.3) is 0 Å². The average Bonchev–Trinajstić information content (AvgIpc) is 3.14. The van der Waals surface area contributed by atoms with Crippen LogP contribution in [0.2, 0.25) is 10.0 Å². The Morgan fingerprint density at radius 2 is 1.84 bits per heavy atom. The molecular weight excluding hydrogens is 307 g/mol. The first-order valence-electron chi connectivity index (χ1n) is 6.16.